The van der Waals surface area contributed by atoms with Crippen LogP contribution in [0.25, 0.3) is 0 Å². The van der Waals surface area contributed by atoms with Crippen molar-refractivity contribution in [2.24, 2.45) is 5.73 Å². The van der Waals surface area contributed by atoms with Crippen molar-refractivity contribution < 1.29 is 4.79 Å². The SMILES string of the molecule is NC(=O)[C@@H]1C=CCN1. The van der Waals surface area contributed by atoms with Gasteiger partial charge in [-0.1, -0.05) is 12.2 Å². The molecule has 0 aromatic carbocycles. The van der Waals surface area contributed by atoms with Crippen molar-refractivity contribution in [2.75, 3.05) is 6.54 Å². The second-order valence-electron chi connectivity index (χ2n) is 1.72. The lowest BCUT2D eigenvalue weighted by atomic mass is 10.3. The lowest BCUT2D eigenvalue weighted by Crippen LogP contribution is -2.36. The van der Waals surface area contributed by atoms with Crippen molar-refractivity contribution in [3.8, 4) is 0 Å². The molecule has 0 bridgehead atoms. The van der Waals surface area contributed by atoms with Gasteiger partial charge >= 0.3 is 0 Å². The van der Waals surface area contributed by atoms with E-state index in [1.54, 1.807) is 6.08 Å². The van der Waals surface area contributed by atoms with E-state index in [0.29, 0.717) is 0 Å². The molecule has 1 amide bonds. The molecule has 44 valence electrons. The molecule has 3 heteroatoms. The molecular weight excluding hydrogens is 104 g/mol. The van der Waals surface area contributed by atoms with Crippen LogP contribution in [0.4, 0.5) is 0 Å². The van der Waals surface area contributed by atoms with Gasteiger partial charge in [-0.3, -0.25) is 10.1 Å². The average molecular weight is 112 g/mol. The zero-order chi connectivity index (χ0) is 5.98. The number of rotatable bonds is 1. The molecule has 1 aliphatic rings. The number of primary amides is 1. The molecule has 0 saturated heterocycles. The van der Waals surface area contributed by atoms with Crippen molar-refractivity contribution in [1.29, 1.82) is 0 Å². The standard InChI is InChI=1S/C5H8N2O/c6-5(8)4-2-1-3-7-4/h1-2,4,7H,3H2,(H2,6,8)/t4-/m0/s1. The van der Waals surface area contributed by atoms with Gasteiger partial charge in [-0.25, -0.2) is 0 Å². The van der Waals surface area contributed by atoms with Crippen LogP contribution in [-0.4, -0.2) is 18.5 Å². The minimum Gasteiger partial charge on any atom is -0.368 e. The van der Waals surface area contributed by atoms with Gasteiger partial charge in [0, 0.05) is 6.54 Å². The number of carbonyl (C=O) groups excluding carboxylic acids is 1. The predicted octanol–water partition coefficient (Wildman–Crippen LogP) is -1.00. The van der Waals surface area contributed by atoms with Gasteiger partial charge in [-0.15, -0.1) is 0 Å². The van der Waals surface area contributed by atoms with Crippen molar-refractivity contribution in [3.05, 3.63) is 12.2 Å². The third-order valence-electron chi connectivity index (χ3n) is 1.09. The molecule has 0 aliphatic carbocycles. The summed E-state index contributed by atoms with van der Waals surface area (Å²) in [6, 6.07) is -0.227. The first-order valence-electron chi connectivity index (χ1n) is 2.50. The van der Waals surface area contributed by atoms with Crippen molar-refractivity contribution in [2.45, 2.75) is 6.04 Å². The van der Waals surface area contributed by atoms with Gasteiger partial charge in [0.1, 0.15) is 6.04 Å². The van der Waals surface area contributed by atoms with Crippen LogP contribution in [0.1, 0.15) is 0 Å². The van der Waals surface area contributed by atoms with E-state index in [9.17, 15) is 4.79 Å². The summed E-state index contributed by atoms with van der Waals surface area (Å²) in [6.45, 7) is 0.758. The smallest absolute Gasteiger partial charge is 0.238 e. The van der Waals surface area contributed by atoms with Crippen molar-refractivity contribution >= 4 is 5.91 Å². The summed E-state index contributed by atoms with van der Waals surface area (Å²) < 4.78 is 0. The lowest BCUT2D eigenvalue weighted by Gasteiger charge is -2.00. The molecule has 0 spiro atoms. The summed E-state index contributed by atoms with van der Waals surface area (Å²) in [6.07, 6.45) is 3.65. The second-order valence-corrected chi connectivity index (χ2v) is 1.72. The normalized spacial score (nSPS) is 26.2. The maximum atomic E-state index is 10.3. The Morgan fingerprint density at radius 2 is 2.62 bits per heavy atom. The summed E-state index contributed by atoms with van der Waals surface area (Å²) in [4.78, 5) is 10.3. The van der Waals surface area contributed by atoms with Gasteiger partial charge in [0.05, 0.1) is 0 Å². The van der Waals surface area contributed by atoms with Gasteiger partial charge in [-0.2, -0.15) is 0 Å². The number of nitrogens with two attached hydrogens (primary N) is 1. The molecule has 0 saturated carbocycles. The molecule has 1 heterocycles. The molecule has 1 aliphatic heterocycles. The monoisotopic (exact) mass is 112 g/mol. The van der Waals surface area contributed by atoms with E-state index in [0.717, 1.165) is 6.54 Å². The quantitative estimate of drug-likeness (QED) is 0.427. The summed E-state index contributed by atoms with van der Waals surface area (Å²) in [7, 11) is 0. The Morgan fingerprint density at radius 1 is 1.88 bits per heavy atom. The van der Waals surface area contributed by atoms with Crippen LogP contribution in [0.15, 0.2) is 12.2 Å². The highest BCUT2D eigenvalue weighted by Gasteiger charge is 2.12. The Kier molecular flexibility index (Phi) is 1.30. The molecule has 0 fully saturated rings. The Morgan fingerprint density at radius 3 is 2.88 bits per heavy atom. The summed E-state index contributed by atoms with van der Waals surface area (Å²) in [5.74, 6) is -0.307. The molecule has 0 radical (unpaired) electrons. The predicted molar refractivity (Wildman–Crippen MR) is 30.1 cm³/mol. The van der Waals surface area contributed by atoms with Gasteiger partial charge in [0.25, 0.3) is 0 Å². The van der Waals surface area contributed by atoms with Crippen LogP contribution in [0.3, 0.4) is 0 Å². The van der Waals surface area contributed by atoms with E-state index in [-0.39, 0.29) is 11.9 Å². The van der Waals surface area contributed by atoms with E-state index >= 15 is 0 Å². The van der Waals surface area contributed by atoms with E-state index < -0.39 is 0 Å². The Hall–Kier alpha value is -0.830. The minimum atomic E-state index is -0.307. The van der Waals surface area contributed by atoms with Crippen LogP contribution in [-0.2, 0) is 4.79 Å². The molecule has 1 rings (SSSR count). The van der Waals surface area contributed by atoms with Crippen molar-refractivity contribution in [1.82, 2.24) is 5.32 Å². The van der Waals surface area contributed by atoms with Crippen LogP contribution in [0.5, 0.6) is 0 Å². The van der Waals surface area contributed by atoms with E-state index in [1.165, 1.54) is 0 Å². The summed E-state index contributed by atoms with van der Waals surface area (Å²) in [5, 5.41) is 2.87. The Labute approximate surface area is 47.6 Å². The fourth-order valence-electron chi connectivity index (χ4n) is 0.663. The van der Waals surface area contributed by atoms with Crippen LogP contribution < -0.4 is 11.1 Å². The third kappa shape index (κ3) is 0.869. The highest BCUT2D eigenvalue weighted by molar-refractivity contribution is 5.82. The first-order chi connectivity index (χ1) is 3.80. The second kappa shape index (κ2) is 1.96. The van der Waals surface area contributed by atoms with Crippen LogP contribution >= 0.6 is 0 Å². The topological polar surface area (TPSA) is 55.1 Å². The zero-order valence-electron chi connectivity index (χ0n) is 4.42. The number of hydrogen-bond donors (Lipinski definition) is 2. The Balaban J connectivity index is 2.48. The summed E-state index contributed by atoms with van der Waals surface area (Å²) in [5.41, 5.74) is 4.95. The minimum absolute atomic E-state index is 0.227. The summed E-state index contributed by atoms with van der Waals surface area (Å²) >= 11 is 0. The number of hydrogen-bond acceptors (Lipinski definition) is 2. The average Bonchev–Trinajstić information content (AvgIpc) is 2.12. The molecular formula is C5H8N2O. The van der Waals surface area contributed by atoms with E-state index in [4.69, 9.17) is 5.73 Å². The fourth-order valence-corrected chi connectivity index (χ4v) is 0.663. The zero-order valence-corrected chi connectivity index (χ0v) is 4.42. The molecule has 0 aromatic heterocycles. The van der Waals surface area contributed by atoms with Gasteiger partial charge < -0.3 is 5.73 Å². The number of carbonyl (C=O) groups is 1. The highest BCUT2D eigenvalue weighted by atomic mass is 16.1. The molecule has 3 nitrogen and oxygen atoms in total. The van der Waals surface area contributed by atoms with Gasteiger partial charge in [0.15, 0.2) is 0 Å². The largest absolute Gasteiger partial charge is 0.368 e. The molecule has 0 aromatic rings. The van der Waals surface area contributed by atoms with Crippen molar-refractivity contribution in [3.63, 3.8) is 0 Å². The lowest BCUT2D eigenvalue weighted by molar-refractivity contribution is -0.118. The maximum Gasteiger partial charge on any atom is 0.238 e. The number of nitrogens with one attached hydrogen (secondary N) is 1. The fraction of sp³-hybridized carbons (Fsp3) is 0.400. The highest BCUT2D eigenvalue weighted by Crippen LogP contribution is 1.91. The third-order valence-corrected chi connectivity index (χ3v) is 1.09. The Bertz CT molecular complexity index is 130. The van der Waals surface area contributed by atoms with Crippen LogP contribution in [0.2, 0.25) is 0 Å². The molecule has 8 heavy (non-hydrogen) atoms. The maximum absolute atomic E-state index is 10.3. The van der Waals surface area contributed by atoms with Gasteiger partial charge in [-0.05, 0) is 0 Å². The van der Waals surface area contributed by atoms with E-state index in [1.807, 2.05) is 6.08 Å². The molecule has 1 atom stereocenters. The van der Waals surface area contributed by atoms with Crippen LogP contribution in [0, 0.1) is 0 Å². The first-order valence-corrected chi connectivity index (χ1v) is 2.50. The molecule has 0 unspecified atom stereocenters. The van der Waals surface area contributed by atoms with E-state index in [2.05, 4.69) is 5.32 Å². The van der Waals surface area contributed by atoms with Gasteiger partial charge in [0.2, 0.25) is 5.91 Å². The number of amides is 1. The molecule has 3 N–H and O–H groups in total. The first kappa shape index (κ1) is 5.31.